The van der Waals surface area contributed by atoms with Gasteiger partial charge in [-0.1, -0.05) is 12.1 Å². The average molecular weight is 286 g/mol. The molecule has 0 unspecified atom stereocenters. The van der Waals surface area contributed by atoms with Gasteiger partial charge in [-0.25, -0.2) is 0 Å². The SMILES string of the molecule is CN(CCOc1cccc(C#N)c1)CCc1cccs1. The van der Waals surface area contributed by atoms with E-state index in [1.165, 1.54) is 4.88 Å². The number of thiophene rings is 1. The maximum absolute atomic E-state index is 8.82. The highest BCUT2D eigenvalue weighted by molar-refractivity contribution is 7.09. The van der Waals surface area contributed by atoms with Crippen LogP contribution in [0.25, 0.3) is 0 Å². The number of ether oxygens (including phenoxy) is 1. The summed E-state index contributed by atoms with van der Waals surface area (Å²) in [5.74, 6) is 0.760. The molecule has 4 heteroatoms. The number of likely N-dealkylation sites (N-methyl/N-ethyl adjacent to an activating group) is 1. The first-order chi connectivity index (χ1) is 9.78. The van der Waals surface area contributed by atoms with Crippen LogP contribution in [0.4, 0.5) is 0 Å². The Bertz CT molecular complexity index is 560. The van der Waals surface area contributed by atoms with Crippen molar-refractivity contribution < 1.29 is 4.74 Å². The molecule has 1 aromatic carbocycles. The molecule has 1 heterocycles. The lowest BCUT2D eigenvalue weighted by Crippen LogP contribution is -2.26. The number of benzene rings is 1. The van der Waals surface area contributed by atoms with Gasteiger partial charge in [0.1, 0.15) is 12.4 Å². The standard InChI is InChI=1S/C16H18N2OS/c1-18(8-7-16-6-3-11-20-16)9-10-19-15-5-2-4-14(12-15)13-17/h2-6,11-12H,7-10H2,1H3. The van der Waals surface area contributed by atoms with Crippen molar-refractivity contribution in [2.45, 2.75) is 6.42 Å². The molecule has 0 saturated carbocycles. The normalized spacial score (nSPS) is 10.4. The zero-order chi connectivity index (χ0) is 14.2. The summed E-state index contributed by atoms with van der Waals surface area (Å²) in [4.78, 5) is 3.67. The smallest absolute Gasteiger partial charge is 0.120 e. The number of rotatable bonds is 7. The molecule has 1 aromatic heterocycles. The molecule has 2 aromatic rings. The van der Waals surface area contributed by atoms with Crippen LogP contribution in [0.1, 0.15) is 10.4 Å². The van der Waals surface area contributed by atoms with Crippen LogP contribution in [-0.4, -0.2) is 31.6 Å². The molecule has 0 radical (unpaired) electrons. The third-order valence-electron chi connectivity index (χ3n) is 3.02. The highest BCUT2D eigenvalue weighted by atomic mass is 32.1. The molecule has 2 rings (SSSR count). The van der Waals surface area contributed by atoms with Gasteiger partial charge < -0.3 is 9.64 Å². The van der Waals surface area contributed by atoms with Crippen molar-refractivity contribution in [1.29, 1.82) is 5.26 Å². The van der Waals surface area contributed by atoms with E-state index in [1.807, 2.05) is 12.1 Å². The quantitative estimate of drug-likeness (QED) is 0.784. The Morgan fingerprint density at radius 2 is 2.15 bits per heavy atom. The van der Waals surface area contributed by atoms with E-state index >= 15 is 0 Å². The maximum Gasteiger partial charge on any atom is 0.120 e. The predicted molar refractivity (Wildman–Crippen MR) is 82.2 cm³/mol. The molecule has 0 bridgehead atoms. The molecular weight excluding hydrogens is 268 g/mol. The molecule has 0 saturated heterocycles. The van der Waals surface area contributed by atoms with Crippen molar-refractivity contribution in [1.82, 2.24) is 4.90 Å². The largest absolute Gasteiger partial charge is 0.492 e. The summed E-state index contributed by atoms with van der Waals surface area (Å²) in [6, 6.07) is 13.6. The van der Waals surface area contributed by atoms with Crippen molar-refractivity contribution in [2.75, 3.05) is 26.7 Å². The van der Waals surface area contributed by atoms with E-state index < -0.39 is 0 Å². The molecule has 0 aliphatic heterocycles. The van der Waals surface area contributed by atoms with E-state index in [0.717, 1.165) is 25.3 Å². The summed E-state index contributed by atoms with van der Waals surface area (Å²) < 4.78 is 5.67. The summed E-state index contributed by atoms with van der Waals surface area (Å²) in [5, 5.41) is 10.9. The zero-order valence-corrected chi connectivity index (χ0v) is 12.4. The van der Waals surface area contributed by atoms with Gasteiger partial charge in [-0.15, -0.1) is 11.3 Å². The lowest BCUT2D eigenvalue weighted by molar-refractivity contribution is 0.239. The van der Waals surface area contributed by atoms with Gasteiger partial charge in [-0.2, -0.15) is 5.26 Å². The van der Waals surface area contributed by atoms with E-state index in [1.54, 1.807) is 23.5 Å². The van der Waals surface area contributed by atoms with Gasteiger partial charge in [0.25, 0.3) is 0 Å². The molecule has 3 nitrogen and oxygen atoms in total. The van der Waals surface area contributed by atoms with Crippen molar-refractivity contribution in [2.24, 2.45) is 0 Å². The Kier molecular flexibility index (Phi) is 5.60. The van der Waals surface area contributed by atoms with Crippen LogP contribution < -0.4 is 4.74 Å². The van der Waals surface area contributed by atoms with Crippen LogP contribution in [0.15, 0.2) is 41.8 Å². The molecule has 104 valence electrons. The molecule has 0 amide bonds. The van der Waals surface area contributed by atoms with E-state index in [9.17, 15) is 0 Å². The lowest BCUT2D eigenvalue weighted by Gasteiger charge is -2.16. The Hall–Kier alpha value is -1.83. The van der Waals surface area contributed by atoms with Crippen molar-refractivity contribution >= 4 is 11.3 Å². The minimum atomic E-state index is 0.633. The van der Waals surface area contributed by atoms with Gasteiger partial charge >= 0.3 is 0 Å². The van der Waals surface area contributed by atoms with E-state index in [4.69, 9.17) is 10.00 Å². The second-order valence-corrected chi connectivity index (χ2v) is 5.65. The summed E-state index contributed by atoms with van der Waals surface area (Å²) in [7, 11) is 2.10. The minimum absolute atomic E-state index is 0.633. The first-order valence-electron chi connectivity index (χ1n) is 6.62. The maximum atomic E-state index is 8.82. The molecule has 0 aliphatic rings. The van der Waals surface area contributed by atoms with Gasteiger partial charge in [-0.05, 0) is 43.1 Å². The third kappa shape index (κ3) is 4.69. The topological polar surface area (TPSA) is 36.3 Å². The Balaban J connectivity index is 1.68. The van der Waals surface area contributed by atoms with Crippen molar-refractivity contribution in [3.05, 3.63) is 52.2 Å². The van der Waals surface area contributed by atoms with E-state index in [2.05, 4.69) is 35.5 Å². The fourth-order valence-electron chi connectivity index (χ4n) is 1.84. The Labute approximate surface area is 124 Å². The summed E-state index contributed by atoms with van der Waals surface area (Å²) >= 11 is 1.80. The molecule has 0 aliphatic carbocycles. The summed E-state index contributed by atoms with van der Waals surface area (Å²) in [6.45, 7) is 2.54. The fraction of sp³-hybridized carbons (Fsp3) is 0.312. The van der Waals surface area contributed by atoms with Gasteiger partial charge in [0.15, 0.2) is 0 Å². The van der Waals surface area contributed by atoms with Gasteiger partial charge in [0.2, 0.25) is 0 Å². The van der Waals surface area contributed by atoms with Crippen LogP contribution in [0.2, 0.25) is 0 Å². The fourth-order valence-corrected chi connectivity index (χ4v) is 2.54. The molecule has 0 spiro atoms. The summed E-state index contributed by atoms with van der Waals surface area (Å²) in [5.41, 5.74) is 0.633. The third-order valence-corrected chi connectivity index (χ3v) is 3.96. The van der Waals surface area contributed by atoms with Gasteiger partial charge in [-0.3, -0.25) is 0 Å². The molecule has 0 N–H and O–H groups in total. The first-order valence-corrected chi connectivity index (χ1v) is 7.50. The predicted octanol–water partition coefficient (Wildman–Crippen LogP) is 3.17. The van der Waals surface area contributed by atoms with Crippen molar-refractivity contribution in [3.63, 3.8) is 0 Å². The number of hydrogen-bond acceptors (Lipinski definition) is 4. The number of nitriles is 1. The van der Waals surface area contributed by atoms with Crippen LogP contribution >= 0.6 is 11.3 Å². The minimum Gasteiger partial charge on any atom is -0.492 e. The van der Waals surface area contributed by atoms with E-state index in [-0.39, 0.29) is 0 Å². The van der Waals surface area contributed by atoms with E-state index in [0.29, 0.717) is 12.2 Å². The monoisotopic (exact) mass is 286 g/mol. The zero-order valence-electron chi connectivity index (χ0n) is 11.6. The molecule has 20 heavy (non-hydrogen) atoms. The number of nitrogens with zero attached hydrogens (tertiary/aromatic N) is 2. The highest BCUT2D eigenvalue weighted by Crippen LogP contribution is 2.12. The highest BCUT2D eigenvalue weighted by Gasteiger charge is 2.01. The average Bonchev–Trinajstić information content (AvgIpc) is 2.99. The Morgan fingerprint density at radius 3 is 2.90 bits per heavy atom. The number of hydrogen-bond donors (Lipinski definition) is 0. The molecule has 0 atom stereocenters. The van der Waals surface area contributed by atoms with Crippen LogP contribution in [-0.2, 0) is 6.42 Å². The van der Waals surface area contributed by atoms with Crippen LogP contribution in [0.3, 0.4) is 0 Å². The van der Waals surface area contributed by atoms with Gasteiger partial charge in [0, 0.05) is 18.0 Å². The van der Waals surface area contributed by atoms with Crippen LogP contribution in [0, 0.1) is 11.3 Å². The molecule has 0 fully saturated rings. The van der Waals surface area contributed by atoms with Crippen molar-refractivity contribution in [3.8, 4) is 11.8 Å². The lowest BCUT2D eigenvalue weighted by atomic mass is 10.2. The second kappa shape index (κ2) is 7.68. The summed E-state index contributed by atoms with van der Waals surface area (Å²) in [6.07, 6.45) is 1.08. The van der Waals surface area contributed by atoms with Crippen LogP contribution in [0.5, 0.6) is 5.75 Å². The van der Waals surface area contributed by atoms with Gasteiger partial charge in [0.05, 0.1) is 11.6 Å². The first kappa shape index (κ1) is 14.6. The Morgan fingerprint density at radius 1 is 1.25 bits per heavy atom. The second-order valence-electron chi connectivity index (χ2n) is 4.62. The molecular formula is C16H18N2OS.